The lowest BCUT2D eigenvalue weighted by Crippen LogP contribution is -2.31. The number of amides is 1. The molecule has 2 aromatic heterocycles. The van der Waals surface area contributed by atoms with Gasteiger partial charge in [0.1, 0.15) is 11.6 Å². The van der Waals surface area contributed by atoms with Crippen LogP contribution in [0.25, 0.3) is 0 Å². The minimum Gasteiger partial charge on any atom is -0.503 e. The van der Waals surface area contributed by atoms with Crippen molar-refractivity contribution in [1.29, 1.82) is 0 Å². The number of halogens is 1. The van der Waals surface area contributed by atoms with E-state index in [9.17, 15) is 19.1 Å². The molecule has 2 aromatic carbocycles. The number of benzene rings is 2. The molecule has 0 spiro atoms. The van der Waals surface area contributed by atoms with E-state index in [1.165, 1.54) is 34.1 Å². The van der Waals surface area contributed by atoms with Gasteiger partial charge in [0.25, 0.3) is 5.91 Å². The van der Waals surface area contributed by atoms with Crippen LogP contribution in [0.2, 0.25) is 0 Å². The summed E-state index contributed by atoms with van der Waals surface area (Å²) in [5, 5.41) is 21.4. The van der Waals surface area contributed by atoms with E-state index in [1.807, 2.05) is 0 Å². The fourth-order valence-corrected chi connectivity index (χ4v) is 6.82. The predicted octanol–water partition coefficient (Wildman–Crippen LogP) is 7.38. The van der Waals surface area contributed by atoms with E-state index in [-0.39, 0.29) is 16.5 Å². The lowest BCUT2D eigenvalue weighted by molar-refractivity contribution is -0.117. The van der Waals surface area contributed by atoms with Crippen LogP contribution in [0.1, 0.15) is 53.0 Å². The Balaban J connectivity index is 1.44. The summed E-state index contributed by atoms with van der Waals surface area (Å²) in [7, 11) is 0. The van der Waals surface area contributed by atoms with E-state index in [2.05, 4.69) is 17.1 Å². The quantitative estimate of drug-likeness (QED) is 0.0790. The van der Waals surface area contributed by atoms with Crippen LogP contribution in [0.15, 0.2) is 81.7 Å². The molecule has 0 bridgehead atoms. The fourth-order valence-electron chi connectivity index (χ4n) is 4.29. The maximum absolute atomic E-state index is 14.1. The largest absolute Gasteiger partial charge is 0.503 e. The van der Waals surface area contributed by atoms with E-state index < -0.39 is 23.5 Å². The fraction of sp³-hybridized carbons (Fsp3) is 0.241. The monoisotopic (exact) mass is 595 g/mol. The zero-order chi connectivity index (χ0) is 28.1. The molecule has 0 saturated heterocycles. The summed E-state index contributed by atoms with van der Waals surface area (Å²) in [4.78, 5) is 28.6. The van der Waals surface area contributed by atoms with Gasteiger partial charge in [-0.25, -0.2) is 4.39 Å². The number of carbonyl (C=O) groups excluding carboxylic acids is 2. The second-order valence-electron chi connectivity index (χ2n) is 9.00. The number of hydrogen-bond acceptors (Lipinski definition) is 9. The summed E-state index contributed by atoms with van der Waals surface area (Å²) >= 11 is 3.67. The van der Waals surface area contributed by atoms with Gasteiger partial charge in [-0.05, 0) is 47.2 Å². The standard InChI is InChI=1S/C29H26FN3O4S3/c1-2-3-6-15-37-20-13-11-18(12-14-20)24-23(25(34)22-10-7-16-38-22)26(35)27(36)33(24)28-31-32-29(40-28)39-17-19-8-4-5-9-21(19)30/h4-5,7-14,16,24,35H,2-3,6,15,17H2,1H3. The van der Waals surface area contributed by atoms with Crippen molar-refractivity contribution >= 4 is 51.3 Å². The molecule has 7 nitrogen and oxygen atoms in total. The Hall–Kier alpha value is -3.54. The van der Waals surface area contributed by atoms with E-state index >= 15 is 0 Å². The van der Waals surface area contributed by atoms with Crippen molar-refractivity contribution in [2.75, 3.05) is 11.5 Å². The maximum Gasteiger partial charge on any atom is 0.296 e. The first-order chi connectivity index (χ1) is 19.5. The molecule has 40 heavy (non-hydrogen) atoms. The lowest BCUT2D eigenvalue weighted by atomic mass is 9.95. The maximum atomic E-state index is 14.1. The number of ketones is 1. The van der Waals surface area contributed by atoms with Crippen LogP contribution in [0.4, 0.5) is 9.52 Å². The Bertz CT molecular complexity index is 1520. The minimum absolute atomic E-state index is 0.0141. The van der Waals surface area contributed by atoms with Crippen molar-refractivity contribution < 1.29 is 23.8 Å². The third-order valence-electron chi connectivity index (χ3n) is 6.32. The zero-order valence-electron chi connectivity index (χ0n) is 21.6. The van der Waals surface area contributed by atoms with Gasteiger partial charge >= 0.3 is 0 Å². The van der Waals surface area contributed by atoms with Crippen LogP contribution in [0.5, 0.6) is 5.75 Å². The van der Waals surface area contributed by atoms with Gasteiger partial charge in [-0.3, -0.25) is 14.5 Å². The highest BCUT2D eigenvalue weighted by Crippen LogP contribution is 2.44. The number of carbonyl (C=O) groups is 2. The normalized spacial score (nSPS) is 15.2. The number of Topliss-reactive ketones (excluding diaryl/α,β-unsaturated/α-hetero) is 1. The van der Waals surface area contributed by atoms with Gasteiger partial charge < -0.3 is 9.84 Å². The molecule has 0 aliphatic carbocycles. The van der Waals surface area contributed by atoms with Crippen LogP contribution in [-0.4, -0.2) is 33.6 Å². The minimum atomic E-state index is -0.909. The number of unbranched alkanes of at least 4 members (excludes halogenated alkanes) is 2. The van der Waals surface area contributed by atoms with Crippen LogP contribution in [0, 0.1) is 5.82 Å². The Morgan fingerprint density at radius 2 is 1.90 bits per heavy atom. The molecule has 0 radical (unpaired) electrons. The van der Waals surface area contributed by atoms with Gasteiger partial charge in [0.2, 0.25) is 10.9 Å². The Morgan fingerprint density at radius 1 is 1.10 bits per heavy atom. The third kappa shape index (κ3) is 5.96. The van der Waals surface area contributed by atoms with Crippen LogP contribution in [-0.2, 0) is 10.5 Å². The highest BCUT2D eigenvalue weighted by atomic mass is 32.2. The summed E-state index contributed by atoms with van der Waals surface area (Å²) in [6.07, 6.45) is 3.13. The highest BCUT2D eigenvalue weighted by molar-refractivity contribution is 8.00. The molecule has 1 aliphatic rings. The molecule has 4 aromatic rings. The Morgan fingerprint density at radius 3 is 2.62 bits per heavy atom. The number of aromatic nitrogens is 2. The van der Waals surface area contributed by atoms with Gasteiger partial charge in [-0.2, -0.15) is 0 Å². The molecule has 1 atom stereocenters. The second-order valence-corrected chi connectivity index (χ2v) is 12.1. The summed E-state index contributed by atoms with van der Waals surface area (Å²) in [6, 6.07) is 16.2. The number of nitrogens with zero attached hydrogens (tertiary/aromatic N) is 3. The molecule has 0 saturated carbocycles. The number of rotatable bonds is 12. The van der Waals surface area contributed by atoms with E-state index in [0.717, 1.165) is 30.6 Å². The molecule has 1 N–H and O–H groups in total. The molecular formula is C29H26FN3O4S3. The van der Waals surface area contributed by atoms with Crippen LogP contribution in [0.3, 0.4) is 0 Å². The van der Waals surface area contributed by atoms with E-state index in [1.54, 1.807) is 60.0 Å². The zero-order valence-corrected chi connectivity index (χ0v) is 24.0. The summed E-state index contributed by atoms with van der Waals surface area (Å²) in [5.41, 5.74) is 1.13. The van der Waals surface area contributed by atoms with E-state index in [0.29, 0.717) is 38.5 Å². The van der Waals surface area contributed by atoms with Gasteiger partial charge in [-0.1, -0.05) is 79.3 Å². The van der Waals surface area contributed by atoms with Crippen molar-refractivity contribution in [2.45, 2.75) is 42.3 Å². The van der Waals surface area contributed by atoms with Gasteiger partial charge in [0.05, 0.1) is 23.1 Å². The van der Waals surface area contributed by atoms with Gasteiger partial charge in [0.15, 0.2) is 10.1 Å². The van der Waals surface area contributed by atoms with Crippen LogP contribution >= 0.6 is 34.4 Å². The van der Waals surface area contributed by atoms with Crippen molar-refractivity contribution in [1.82, 2.24) is 10.2 Å². The van der Waals surface area contributed by atoms with Crippen molar-refractivity contribution in [3.63, 3.8) is 0 Å². The first-order valence-corrected chi connectivity index (χ1v) is 15.4. The summed E-state index contributed by atoms with van der Waals surface area (Å²) in [6.45, 7) is 2.73. The molecule has 1 aliphatic heterocycles. The molecule has 206 valence electrons. The molecule has 3 heterocycles. The first kappa shape index (κ1) is 28.0. The topological polar surface area (TPSA) is 92.6 Å². The summed E-state index contributed by atoms with van der Waals surface area (Å²) < 4.78 is 20.4. The molecule has 1 amide bonds. The molecule has 0 fully saturated rings. The number of thioether (sulfide) groups is 1. The van der Waals surface area contributed by atoms with Crippen molar-refractivity contribution in [2.24, 2.45) is 0 Å². The lowest BCUT2D eigenvalue weighted by Gasteiger charge is -2.24. The third-order valence-corrected chi connectivity index (χ3v) is 9.29. The summed E-state index contributed by atoms with van der Waals surface area (Å²) in [5.74, 6) is -1.06. The highest BCUT2D eigenvalue weighted by Gasteiger charge is 2.46. The van der Waals surface area contributed by atoms with Gasteiger partial charge in [-0.15, -0.1) is 21.5 Å². The van der Waals surface area contributed by atoms with Crippen molar-refractivity contribution in [3.8, 4) is 5.75 Å². The van der Waals surface area contributed by atoms with E-state index in [4.69, 9.17) is 4.74 Å². The van der Waals surface area contributed by atoms with Gasteiger partial charge in [0, 0.05) is 5.75 Å². The number of hydrogen-bond donors (Lipinski definition) is 1. The molecule has 11 heteroatoms. The predicted molar refractivity (Wildman–Crippen MR) is 156 cm³/mol. The number of anilines is 1. The number of ether oxygens (including phenoxy) is 1. The molecule has 5 rings (SSSR count). The average molecular weight is 596 g/mol. The smallest absolute Gasteiger partial charge is 0.296 e. The van der Waals surface area contributed by atoms with Crippen LogP contribution < -0.4 is 9.64 Å². The SMILES string of the molecule is CCCCCOc1ccc(C2C(C(=O)c3cccs3)=C(O)C(=O)N2c2nnc(SCc3ccccc3F)s2)cc1. The first-order valence-electron chi connectivity index (χ1n) is 12.7. The molecule has 1 unspecified atom stereocenters. The second kappa shape index (κ2) is 12.8. The Labute approximate surface area is 243 Å². The number of thiophene rings is 1. The average Bonchev–Trinajstić information content (AvgIpc) is 3.72. The Kier molecular flexibility index (Phi) is 8.93. The number of aliphatic hydroxyl groups is 1. The molecular weight excluding hydrogens is 570 g/mol. The van der Waals surface area contributed by atoms with Crippen molar-refractivity contribution in [3.05, 3.63) is 99.2 Å². The number of aliphatic hydroxyl groups excluding tert-OH is 1.